The van der Waals surface area contributed by atoms with Crippen LogP contribution in [0.3, 0.4) is 0 Å². The Balaban J connectivity index is 2.84. The van der Waals surface area contributed by atoms with Gasteiger partial charge in [0.1, 0.15) is 6.04 Å². The third kappa shape index (κ3) is 3.19. The zero-order valence-electron chi connectivity index (χ0n) is 10.4. The van der Waals surface area contributed by atoms with E-state index in [9.17, 15) is 13.2 Å². The molecule has 0 spiro atoms. The first-order chi connectivity index (χ1) is 7.91. The summed E-state index contributed by atoms with van der Waals surface area (Å²) >= 11 is 0. The third-order valence-electron chi connectivity index (χ3n) is 3.49. The summed E-state index contributed by atoms with van der Waals surface area (Å²) in [4.78, 5) is 11.0. The minimum absolute atomic E-state index is 0.289. The van der Waals surface area contributed by atoms with Crippen LogP contribution in [0.1, 0.15) is 45.4 Å². The molecule has 0 amide bonds. The van der Waals surface area contributed by atoms with E-state index in [0.29, 0.717) is 12.8 Å². The van der Waals surface area contributed by atoms with Crippen molar-refractivity contribution in [2.75, 3.05) is 7.05 Å². The molecule has 0 radical (unpaired) electrons. The van der Waals surface area contributed by atoms with Gasteiger partial charge in [-0.05, 0) is 19.3 Å². The Kier molecular flexibility index (Phi) is 4.94. The van der Waals surface area contributed by atoms with E-state index in [1.165, 1.54) is 7.05 Å². The molecule has 0 saturated heterocycles. The van der Waals surface area contributed by atoms with Gasteiger partial charge in [-0.2, -0.15) is 4.31 Å². The monoisotopic (exact) mass is 263 g/mol. The number of rotatable bonds is 5. The highest BCUT2D eigenvalue weighted by atomic mass is 32.2. The number of carboxylic acids is 1. The van der Waals surface area contributed by atoms with Gasteiger partial charge in [-0.1, -0.05) is 26.2 Å². The Labute approximate surface area is 103 Å². The molecule has 1 aliphatic rings. The molecule has 1 rings (SSSR count). The average Bonchev–Trinajstić information content (AvgIpc) is 2.30. The van der Waals surface area contributed by atoms with Crippen molar-refractivity contribution >= 4 is 16.0 Å². The molecule has 0 aliphatic heterocycles. The molecule has 1 N–H and O–H groups in total. The quantitative estimate of drug-likeness (QED) is 0.814. The lowest BCUT2D eigenvalue weighted by Gasteiger charge is -2.30. The molecule has 0 aromatic heterocycles. The third-order valence-corrected chi connectivity index (χ3v) is 5.86. The smallest absolute Gasteiger partial charge is 0.321 e. The number of likely N-dealkylation sites (N-methyl/N-ethyl adjacent to an activating group) is 1. The van der Waals surface area contributed by atoms with E-state index >= 15 is 0 Å². The molecule has 1 fully saturated rings. The molecule has 100 valence electrons. The first kappa shape index (κ1) is 14.4. The van der Waals surface area contributed by atoms with Crippen LogP contribution in [0.25, 0.3) is 0 Å². The fourth-order valence-electron chi connectivity index (χ4n) is 2.36. The van der Waals surface area contributed by atoms with Gasteiger partial charge in [0.25, 0.3) is 0 Å². The molecular formula is C11H21NO4S. The van der Waals surface area contributed by atoms with Crippen LogP contribution < -0.4 is 0 Å². The predicted octanol–water partition coefficient (Wildman–Crippen LogP) is 1.44. The summed E-state index contributed by atoms with van der Waals surface area (Å²) in [7, 11) is -2.08. The maximum atomic E-state index is 12.3. The Hall–Kier alpha value is -0.620. The summed E-state index contributed by atoms with van der Waals surface area (Å²) in [6, 6.07) is -0.943. The van der Waals surface area contributed by atoms with Crippen molar-refractivity contribution in [3.8, 4) is 0 Å². The van der Waals surface area contributed by atoms with Crippen LogP contribution in [0.4, 0.5) is 0 Å². The molecule has 0 aromatic rings. The van der Waals surface area contributed by atoms with E-state index in [2.05, 4.69) is 0 Å². The van der Waals surface area contributed by atoms with Gasteiger partial charge < -0.3 is 5.11 Å². The molecule has 1 atom stereocenters. The van der Waals surface area contributed by atoms with Gasteiger partial charge in [-0.25, -0.2) is 8.42 Å². The van der Waals surface area contributed by atoms with E-state index in [4.69, 9.17) is 5.11 Å². The van der Waals surface area contributed by atoms with Crippen LogP contribution in [-0.2, 0) is 14.8 Å². The molecule has 1 saturated carbocycles. The van der Waals surface area contributed by atoms with Crippen molar-refractivity contribution in [2.24, 2.45) is 0 Å². The lowest BCUT2D eigenvalue weighted by atomic mass is 10.0. The fourth-order valence-corrected chi connectivity index (χ4v) is 4.36. The molecule has 1 unspecified atom stereocenters. The Bertz CT molecular complexity index is 360. The maximum Gasteiger partial charge on any atom is 0.321 e. The molecule has 0 bridgehead atoms. The second-order valence-corrected chi connectivity index (χ2v) is 6.86. The summed E-state index contributed by atoms with van der Waals surface area (Å²) in [6.07, 6.45) is 4.51. The number of hydrogen-bond acceptors (Lipinski definition) is 3. The van der Waals surface area contributed by atoms with Crippen LogP contribution in [0.15, 0.2) is 0 Å². The second kappa shape index (κ2) is 5.82. The van der Waals surface area contributed by atoms with Gasteiger partial charge >= 0.3 is 5.97 Å². The first-order valence-corrected chi connectivity index (χ1v) is 7.61. The van der Waals surface area contributed by atoms with Crippen molar-refractivity contribution < 1.29 is 18.3 Å². The van der Waals surface area contributed by atoms with E-state index < -0.39 is 27.3 Å². The molecule has 0 aromatic carbocycles. The predicted molar refractivity (Wildman–Crippen MR) is 65.3 cm³/mol. The summed E-state index contributed by atoms with van der Waals surface area (Å²) in [5.74, 6) is -1.07. The van der Waals surface area contributed by atoms with Crippen LogP contribution in [0.5, 0.6) is 0 Å². The maximum absolute atomic E-state index is 12.3. The minimum atomic E-state index is -3.47. The minimum Gasteiger partial charge on any atom is -0.480 e. The van der Waals surface area contributed by atoms with Crippen molar-refractivity contribution in [3.05, 3.63) is 0 Å². The van der Waals surface area contributed by atoms with Crippen molar-refractivity contribution in [3.63, 3.8) is 0 Å². The topological polar surface area (TPSA) is 74.7 Å². The van der Waals surface area contributed by atoms with Gasteiger partial charge in [-0.3, -0.25) is 4.79 Å². The zero-order valence-corrected chi connectivity index (χ0v) is 11.2. The van der Waals surface area contributed by atoms with Crippen LogP contribution in [0.2, 0.25) is 0 Å². The summed E-state index contributed by atoms with van der Waals surface area (Å²) in [5.41, 5.74) is 0. The number of carbonyl (C=O) groups is 1. The van der Waals surface area contributed by atoms with E-state index in [0.717, 1.165) is 23.6 Å². The highest BCUT2D eigenvalue weighted by Gasteiger charge is 2.36. The normalized spacial score (nSPS) is 20.4. The Morgan fingerprint density at radius 3 is 2.29 bits per heavy atom. The van der Waals surface area contributed by atoms with Crippen LogP contribution in [0, 0.1) is 0 Å². The van der Waals surface area contributed by atoms with E-state index in [1.54, 1.807) is 6.92 Å². The second-order valence-electron chi connectivity index (χ2n) is 4.58. The number of aliphatic carboxylic acids is 1. The van der Waals surface area contributed by atoms with Gasteiger partial charge in [-0.15, -0.1) is 0 Å². The Morgan fingerprint density at radius 2 is 1.88 bits per heavy atom. The van der Waals surface area contributed by atoms with Crippen LogP contribution in [-0.4, -0.2) is 42.1 Å². The van der Waals surface area contributed by atoms with Gasteiger partial charge in [0.05, 0.1) is 5.25 Å². The average molecular weight is 263 g/mol. The number of sulfonamides is 1. The van der Waals surface area contributed by atoms with Crippen molar-refractivity contribution in [1.82, 2.24) is 4.31 Å². The largest absolute Gasteiger partial charge is 0.480 e. The summed E-state index contributed by atoms with van der Waals surface area (Å²) in [5, 5.41) is 8.61. The van der Waals surface area contributed by atoms with Crippen LogP contribution >= 0.6 is 0 Å². The molecule has 0 heterocycles. The Morgan fingerprint density at radius 1 is 1.35 bits per heavy atom. The number of nitrogens with zero attached hydrogens (tertiary/aromatic N) is 1. The molecule has 6 heteroatoms. The lowest BCUT2D eigenvalue weighted by Crippen LogP contribution is -2.46. The van der Waals surface area contributed by atoms with E-state index in [1.807, 2.05) is 0 Å². The van der Waals surface area contributed by atoms with E-state index in [-0.39, 0.29) is 6.42 Å². The van der Waals surface area contributed by atoms with Gasteiger partial charge in [0, 0.05) is 7.05 Å². The van der Waals surface area contributed by atoms with Crippen molar-refractivity contribution in [1.29, 1.82) is 0 Å². The van der Waals surface area contributed by atoms with Crippen molar-refractivity contribution in [2.45, 2.75) is 56.7 Å². The van der Waals surface area contributed by atoms with Gasteiger partial charge in [0.2, 0.25) is 10.0 Å². The standard InChI is InChI=1S/C11H21NO4S/c1-3-10(11(13)14)12(2)17(15,16)9-7-5-4-6-8-9/h9-10H,3-8H2,1-2H3,(H,13,14). The lowest BCUT2D eigenvalue weighted by molar-refractivity contribution is -0.141. The highest BCUT2D eigenvalue weighted by molar-refractivity contribution is 7.89. The first-order valence-electron chi connectivity index (χ1n) is 6.11. The molecule has 17 heavy (non-hydrogen) atoms. The van der Waals surface area contributed by atoms with Gasteiger partial charge in [0.15, 0.2) is 0 Å². The summed E-state index contributed by atoms with van der Waals surface area (Å²) in [6.45, 7) is 1.69. The number of hydrogen-bond donors (Lipinski definition) is 1. The SMILES string of the molecule is CCC(C(=O)O)N(C)S(=O)(=O)C1CCCCC1. The summed E-state index contributed by atoms with van der Waals surface area (Å²) < 4.78 is 25.6. The molecule has 5 nitrogen and oxygen atoms in total. The highest BCUT2D eigenvalue weighted by Crippen LogP contribution is 2.26. The molecule has 1 aliphatic carbocycles. The number of carboxylic acid groups (broad SMARTS) is 1. The fraction of sp³-hybridized carbons (Fsp3) is 0.909. The molecular weight excluding hydrogens is 242 g/mol. The zero-order chi connectivity index (χ0) is 13.1.